The zero-order valence-electron chi connectivity index (χ0n) is 15.0. The largest absolute Gasteiger partial charge is 0.461 e. The highest BCUT2D eigenvalue weighted by atomic mass is 19.1. The van der Waals surface area contributed by atoms with Crippen molar-refractivity contribution >= 4 is 5.91 Å². The Morgan fingerprint density at radius 2 is 1.73 bits per heavy atom. The lowest BCUT2D eigenvalue weighted by Crippen LogP contribution is -2.29. The molecule has 0 aliphatic heterocycles. The van der Waals surface area contributed by atoms with Crippen LogP contribution in [0.1, 0.15) is 30.7 Å². The highest BCUT2D eigenvalue weighted by Crippen LogP contribution is 2.26. The number of aryl methyl sites for hydroxylation is 1. The summed E-state index contributed by atoms with van der Waals surface area (Å²) in [5.41, 5.74) is 1.53. The first kappa shape index (κ1) is 17.9. The van der Waals surface area contributed by atoms with Crippen LogP contribution in [0.4, 0.5) is 4.39 Å². The van der Waals surface area contributed by atoms with E-state index in [4.69, 9.17) is 4.42 Å². The maximum atomic E-state index is 13.8. The number of hydrogen-bond acceptors (Lipinski definition) is 2. The number of rotatable bonds is 6. The van der Waals surface area contributed by atoms with Gasteiger partial charge in [0.2, 0.25) is 5.91 Å². The van der Waals surface area contributed by atoms with Crippen LogP contribution in [0.2, 0.25) is 0 Å². The van der Waals surface area contributed by atoms with Crippen LogP contribution in [0, 0.1) is 5.82 Å². The van der Waals surface area contributed by atoms with E-state index in [0.29, 0.717) is 29.9 Å². The van der Waals surface area contributed by atoms with Gasteiger partial charge in [-0.3, -0.25) is 4.79 Å². The molecule has 0 N–H and O–H groups in total. The summed E-state index contributed by atoms with van der Waals surface area (Å²) in [5.74, 6) is 0.889. The van der Waals surface area contributed by atoms with Gasteiger partial charge in [0.15, 0.2) is 0 Å². The van der Waals surface area contributed by atoms with Crippen LogP contribution in [0.25, 0.3) is 11.3 Å². The normalized spacial score (nSPS) is 12.0. The standard InChI is InChI=1S/C22H22FNO2/c1-16(17-8-4-3-5-9-17)24(2)22(25)15-13-18-12-14-21(26-18)19-10-6-7-11-20(19)23/h3-12,14,16H,13,15H2,1-2H3/t16-/m1/s1. The Kier molecular flexibility index (Phi) is 5.52. The van der Waals surface area contributed by atoms with Gasteiger partial charge in [-0.1, -0.05) is 42.5 Å². The van der Waals surface area contributed by atoms with Crippen molar-refractivity contribution in [3.8, 4) is 11.3 Å². The lowest BCUT2D eigenvalue weighted by molar-refractivity contribution is -0.131. The first-order chi connectivity index (χ1) is 12.6. The molecule has 4 heteroatoms. The molecule has 0 unspecified atom stereocenters. The van der Waals surface area contributed by atoms with E-state index in [1.165, 1.54) is 6.07 Å². The zero-order valence-corrected chi connectivity index (χ0v) is 15.0. The molecule has 0 aliphatic carbocycles. The van der Waals surface area contributed by atoms with Crippen LogP contribution in [-0.4, -0.2) is 17.9 Å². The van der Waals surface area contributed by atoms with E-state index >= 15 is 0 Å². The van der Waals surface area contributed by atoms with E-state index in [9.17, 15) is 9.18 Å². The second-order valence-corrected chi connectivity index (χ2v) is 6.34. The Hall–Kier alpha value is -2.88. The summed E-state index contributed by atoms with van der Waals surface area (Å²) < 4.78 is 19.5. The number of benzene rings is 2. The number of halogens is 1. The van der Waals surface area contributed by atoms with Crippen LogP contribution < -0.4 is 0 Å². The number of hydrogen-bond donors (Lipinski definition) is 0. The molecule has 3 nitrogen and oxygen atoms in total. The molecule has 1 amide bonds. The molecule has 0 bridgehead atoms. The minimum absolute atomic E-state index is 0.00859. The molecule has 1 aromatic heterocycles. The minimum Gasteiger partial charge on any atom is -0.461 e. The molecule has 134 valence electrons. The van der Waals surface area contributed by atoms with Gasteiger partial charge in [-0.05, 0) is 36.8 Å². The van der Waals surface area contributed by atoms with Crippen molar-refractivity contribution in [2.75, 3.05) is 7.05 Å². The highest BCUT2D eigenvalue weighted by molar-refractivity contribution is 5.76. The van der Waals surface area contributed by atoms with Gasteiger partial charge in [-0.25, -0.2) is 4.39 Å². The van der Waals surface area contributed by atoms with Gasteiger partial charge in [-0.15, -0.1) is 0 Å². The molecule has 1 atom stereocenters. The Balaban J connectivity index is 1.61. The second kappa shape index (κ2) is 8.00. The van der Waals surface area contributed by atoms with Gasteiger partial charge >= 0.3 is 0 Å². The second-order valence-electron chi connectivity index (χ2n) is 6.34. The Labute approximate surface area is 153 Å². The SMILES string of the molecule is C[C@H](c1ccccc1)N(C)C(=O)CCc1ccc(-c2ccccc2F)o1. The van der Waals surface area contributed by atoms with Crippen LogP contribution >= 0.6 is 0 Å². The highest BCUT2D eigenvalue weighted by Gasteiger charge is 2.18. The number of amides is 1. The number of nitrogens with zero attached hydrogens (tertiary/aromatic N) is 1. The van der Waals surface area contributed by atoms with Crippen molar-refractivity contribution < 1.29 is 13.6 Å². The predicted molar refractivity (Wildman–Crippen MR) is 100 cm³/mol. The predicted octanol–water partition coefficient (Wildman–Crippen LogP) is 5.24. The van der Waals surface area contributed by atoms with Gasteiger partial charge in [0.1, 0.15) is 17.3 Å². The number of carbonyl (C=O) groups is 1. The van der Waals surface area contributed by atoms with Crippen molar-refractivity contribution in [3.05, 3.63) is 83.9 Å². The molecule has 3 rings (SSSR count). The lowest BCUT2D eigenvalue weighted by atomic mass is 10.1. The molecule has 0 aliphatic rings. The summed E-state index contributed by atoms with van der Waals surface area (Å²) >= 11 is 0. The Bertz CT molecular complexity index is 873. The van der Waals surface area contributed by atoms with E-state index in [1.54, 1.807) is 35.2 Å². The van der Waals surface area contributed by atoms with E-state index < -0.39 is 0 Å². The van der Waals surface area contributed by atoms with E-state index in [2.05, 4.69) is 0 Å². The fraction of sp³-hybridized carbons (Fsp3) is 0.227. The van der Waals surface area contributed by atoms with Gasteiger partial charge in [0.25, 0.3) is 0 Å². The molecule has 0 spiro atoms. The molecular formula is C22H22FNO2. The third-order valence-corrected chi connectivity index (χ3v) is 4.64. The van der Waals surface area contributed by atoms with Crippen LogP contribution in [0.15, 0.2) is 71.1 Å². The van der Waals surface area contributed by atoms with Crippen molar-refractivity contribution in [1.82, 2.24) is 4.90 Å². The average Bonchev–Trinajstić information content (AvgIpc) is 3.14. The first-order valence-corrected chi connectivity index (χ1v) is 8.70. The van der Waals surface area contributed by atoms with E-state index in [1.807, 2.05) is 44.3 Å². The molecule has 0 fully saturated rings. The summed E-state index contributed by atoms with van der Waals surface area (Å²) in [6.07, 6.45) is 0.830. The van der Waals surface area contributed by atoms with E-state index in [-0.39, 0.29) is 17.8 Å². The molecule has 0 saturated carbocycles. The molecule has 2 aromatic carbocycles. The third kappa shape index (κ3) is 4.02. The Morgan fingerprint density at radius 1 is 1.04 bits per heavy atom. The maximum absolute atomic E-state index is 13.8. The van der Waals surface area contributed by atoms with Crippen molar-refractivity contribution in [1.29, 1.82) is 0 Å². The summed E-state index contributed by atoms with van der Waals surface area (Å²) in [6.45, 7) is 2.01. The van der Waals surface area contributed by atoms with Crippen LogP contribution in [0.5, 0.6) is 0 Å². The van der Waals surface area contributed by atoms with Gasteiger partial charge in [-0.2, -0.15) is 0 Å². The summed E-state index contributed by atoms with van der Waals surface area (Å²) in [5, 5.41) is 0. The molecular weight excluding hydrogens is 329 g/mol. The molecule has 1 heterocycles. The number of furan rings is 1. The van der Waals surface area contributed by atoms with Crippen molar-refractivity contribution in [2.24, 2.45) is 0 Å². The van der Waals surface area contributed by atoms with E-state index in [0.717, 1.165) is 5.56 Å². The zero-order chi connectivity index (χ0) is 18.5. The van der Waals surface area contributed by atoms with Crippen LogP contribution in [0.3, 0.4) is 0 Å². The van der Waals surface area contributed by atoms with Crippen molar-refractivity contribution in [2.45, 2.75) is 25.8 Å². The monoisotopic (exact) mass is 351 g/mol. The molecule has 26 heavy (non-hydrogen) atoms. The summed E-state index contributed by atoms with van der Waals surface area (Å²) in [6, 6.07) is 20.0. The third-order valence-electron chi connectivity index (χ3n) is 4.64. The molecule has 3 aromatic rings. The molecule has 0 radical (unpaired) electrons. The fourth-order valence-corrected chi connectivity index (χ4v) is 2.90. The van der Waals surface area contributed by atoms with Gasteiger partial charge in [0, 0.05) is 19.9 Å². The van der Waals surface area contributed by atoms with Crippen LogP contribution in [-0.2, 0) is 11.2 Å². The maximum Gasteiger partial charge on any atom is 0.223 e. The Morgan fingerprint density at radius 3 is 2.46 bits per heavy atom. The minimum atomic E-state index is -0.319. The van der Waals surface area contributed by atoms with Gasteiger partial charge in [0.05, 0.1) is 11.6 Å². The smallest absolute Gasteiger partial charge is 0.223 e. The molecule has 0 saturated heterocycles. The summed E-state index contributed by atoms with van der Waals surface area (Å²) in [7, 11) is 1.81. The van der Waals surface area contributed by atoms with Crippen molar-refractivity contribution in [3.63, 3.8) is 0 Å². The topological polar surface area (TPSA) is 33.5 Å². The lowest BCUT2D eigenvalue weighted by Gasteiger charge is -2.25. The number of carbonyl (C=O) groups excluding carboxylic acids is 1. The fourth-order valence-electron chi connectivity index (χ4n) is 2.90. The first-order valence-electron chi connectivity index (χ1n) is 8.70. The quantitative estimate of drug-likeness (QED) is 0.609. The average molecular weight is 351 g/mol. The van der Waals surface area contributed by atoms with Gasteiger partial charge < -0.3 is 9.32 Å². The summed E-state index contributed by atoms with van der Waals surface area (Å²) in [4.78, 5) is 14.2.